The monoisotopic (exact) mass is 238 g/mol. The van der Waals surface area contributed by atoms with E-state index in [1.807, 2.05) is 0 Å². The summed E-state index contributed by atoms with van der Waals surface area (Å²) < 4.78 is 0. The number of rotatable bonds is 5. The molecule has 0 saturated carbocycles. The van der Waals surface area contributed by atoms with E-state index in [1.54, 1.807) is 11.3 Å². The topological polar surface area (TPSA) is 45.2 Å². The van der Waals surface area contributed by atoms with Gasteiger partial charge in [0.2, 0.25) is 0 Å². The molecule has 0 unspecified atom stereocenters. The molecule has 0 amide bonds. The van der Waals surface area contributed by atoms with Gasteiger partial charge in [-0.25, -0.2) is 4.98 Å². The third kappa shape index (κ3) is 2.90. The zero-order chi connectivity index (χ0) is 11.4. The largest absolute Gasteiger partial charge is 0.396 e. The highest BCUT2D eigenvalue weighted by Gasteiger charge is 2.17. The highest BCUT2D eigenvalue weighted by molar-refractivity contribution is 7.09. The molecular weight excluding hydrogens is 220 g/mol. The normalized spacial score (nSPS) is 24.1. The van der Waals surface area contributed by atoms with Crippen molar-refractivity contribution in [2.75, 3.05) is 6.61 Å². The maximum atomic E-state index is 9.01. The van der Waals surface area contributed by atoms with E-state index >= 15 is 0 Å². The molecule has 16 heavy (non-hydrogen) atoms. The molecule has 0 bridgehead atoms. The zero-order valence-corrected chi connectivity index (χ0v) is 10.3. The predicted octanol–water partition coefficient (Wildman–Crippen LogP) is 1.73. The molecule has 0 aliphatic heterocycles. The number of aryl methyl sites for hydroxylation is 1. The number of hydrogen-bond donors (Lipinski definition) is 2. The van der Waals surface area contributed by atoms with Crippen molar-refractivity contribution >= 4 is 11.3 Å². The fourth-order valence-corrected chi connectivity index (χ4v) is 2.63. The molecule has 1 aliphatic rings. The van der Waals surface area contributed by atoms with E-state index in [4.69, 9.17) is 5.11 Å². The summed E-state index contributed by atoms with van der Waals surface area (Å²) in [4.78, 5) is 4.51. The zero-order valence-electron chi connectivity index (χ0n) is 9.52. The van der Waals surface area contributed by atoms with Crippen LogP contribution in [0.3, 0.4) is 0 Å². The molecule has 2 N–H and O–H groups in total. The minimum absolute atomic E-state index is 0.255. The van der Waals surface area contributed by atoms with Gasteiger partial charge in [0, 0.05) is 30.5 Å². The number of aromatic nitrogens is 1. The van der Waals surface area contributed by atoms with Crippen LogP contribution in [0.2, 0.25) is 0 Å². The van der Waals surface area contributed by atoms with E-state index in [1.165, 1.54) is 5.01 Å². The van der Waals surface area contributed by atoms with Crippen LogP contribution >= 0.6 is 11.3 Å². The Kier molecular flexibility index (Phi) is 4.09. The van der Waals surface area contributed by atoms with E-state index in [9.17, 15) is 0 Å². The fourth-order valence-electron chi connectivity index (χ4n) is 1.89. The molecule has 0 spiro atoms. The molecule has 0 radical (unpaired) electrons. The molecule has 2 atom stereocenters. The summed E-state index contributed by atoms with van der Waals surface area (Å²) in [6, 6.07) is 0.393. The molecule has 1 heterocycles. The van der Waals surface area contributed by atoms with Crippen LogP contribution in [0.5, 0.6) is 0 Å². The van der Waals surface area contributed by atoms with Gasteiger partial charge in [-0.15, -0.1) is 11.3 Å². The van der Waals surface area contributed by atoms with Gasteiger partial charge in [0.05, 0.1) is 10.7 Å². The Balaban J connectivity index is 1.78. The first kappa shape index (κ1) is 11.8. The van der Waals surface area contributed by atoms with E-state index in [2.05, 4.69) is 34.8 Å². The van der Waals surface area contributed by atoms with Gasteiger partial charge in [0.25, 0.3) is 0 Å². The highest BCUT2D eigenvalue weighted by atomic mass is 32.1. The average molecular weight is 238 g/mol. The smallest absolute Gasteiger partial charge is 0.0926 e. The van der Waals surface area contributed by atoms with E-state index < -0.39 is 0 Å². The molecule has 3 nitrogen and oxygen atoms in total. The SMILES string of the molecule is CCc1nc(CN[C@@H]2C=C[C@H](CO)C2)cs1. The van der Waals surface area contributed by atoms with E-state index in [0.717, 1.165) is 25.1 Å². The lowest BCUT2D eigenvalue weighted by molar-refractivity contribution is 0.246. The lowest BCUT2D eigenvalue weighted by atomic mass is 10.1. The second kappa shape index (κ2) is 5.57. The lowest BCUT2D eigenvalue weighted by Gasteiger charge is -2.11. The van der Waals surface area contributed by atoms with Crippen LogP contribution in [0.1, 0.15) is 24.0 Å². The van der Waals surface area contributed by atoms with Crippen molar-refractivity contribution in [2.24, 2.45) is 5.92 Å². The number of hydrogen-bond acceptors (Lipinski definition) is 4. The molecule has 4 heteroatoms. The number of aliphatic hydroxyl groups excluding tert-OH is 1. The second-order valence-corrected chi connectivity index (χ2v) is 5.08. The van der Waals surface area contributed by atoms with Crippen molar-refractivity contribution in [3.63, 3.8) is 0 Å². The Bertz CT molecular complexity index is 362. The Morgan fingerprint density at radius 2 is 2.44 bits per heavy atom. The Hall–Kier alpha value is -0.710. The van der Waals surface area contributed by atoms with Gasteiger partial charge in [-0.2, -0.15) is 0 Å². The summed E-state index contributed by atoms with van der Waals surface area (Å²) in [6.07, 6.45) is 6.26. The maximum Gasteiger partial charge on any atom is 0.0926 e. The predicted molar refractivity (Wildman–Crippen MR) is 66.5 cm³/mol. The Morgan fingerprint density at radius 1 is 1.56 bits per heavy atom. The summed E-state index contributed by atoms with van der Waals surface area (Å²) in [5.74, 6) is 0.333. The number of thiazole rings is 1. The van der Waals surface area contributed by atoms with E-state index in [0.29, 0.717) is 12.0 Å². The van der Waals surface area contributed by atoms with Gasteiger partial charge in [-0.3, -0.25) is 0 Å². The Morgan fingerprint density at radius 3 is 3.06 bits per heavy atom. The molecule has 2 rings (SSSR count). The molecular formula is C12H18N2OS. The van der Waals surface area contributed by atoms with Gasteiger partial charge in [0.15, 0.2) is 0 Å². The van der Waals surface area contributed by atoms with Crippen LogP contribution in [-0.4, -0.2) is 22.7 Å². The summed E-state index contributed by atoms with van der Waals surface area (Å²) in [6.45, 7) is 3.20. The number of aliphatic hydroxyl groups is 1. The van der Waals surface area contributed by atoms with Crippen LogP contribution in [0.15, 0.2) is 17.5 Å². The fraction of sp³-hybridized carbons (Fsp3) is 0.583. The van der Waals surface area contributed by atoms with Gasteiger partial charge in [-0.05, 0) is 12.8 Å². The lowest BCUT2D eigenvalue weighted by Crippen LogP contribution is -2.26. The molecule has 88 valence electrons. The first-order valence-electron chi connectivity index (χ1n) is 5.77. The standard InChI is InChI=1S/C12H18N2OS/c1-2-12-14-11(8-16-12)6-13-10-4-3-9(5-10)7-15/h3-4,8-10,13,15H,2,5-7H2,1H3/t9-,10+/m0/s1. The van der Waals surface area contributed by atoms with Gasteiger partial charge in [0.1, 0.15) is 0 Å². The second-order valence-electron chi connectivity index (χ2n) is 4.14. The van der Waals surface area contributed by atoms with Crippen LogP contribution in [0.4, 0.5) is 0 Å². The number of nitrogens with zero attached hydrogens (tertiary/aromatic N) is 1. The quantitative estimate of drug-likeness (QED) is 0.768. The molecule has 0 aromatic carbocycles. The summed E-state index contributed by atoms with van der Waals surface area (Å²) in [5.41, 5.74) is 1.13. The summed E-state index contributed by atoms with van der Waals surface area (Å²) in [5, 5.41) is 15.8. The molecule has 1 aromatic rings. The molecule has 0 fully saturated rings. The summed E-state index contributed by atoms with van der Waals surface area (Å²) in [7, 11) is 0. The van der Waals surface area contributed by atoms with Crippen molar-refractivity contribution in [3.05, 3.63) is 28.2 Å². The van der Waals surface area contributed by atoms with Crippen LogP contribution in [0.25, 0.3) is 0 Å². The van der Waals surface area contributed by atoms with Crippen molar-refractivity contribution in [3.8, 4) is 0 Å². The van der Waals surface area contributed by atoms with Gasteiger partial charge in [-0.1, -0.05) is 19.1 Å². The van der Waals surface area contributed by atoms with Crippen molar-refractivity contribution in [1.82, 2.24) is 10.3 Å². The third-order valence-corrected chi connectivity index (χ3v) is 3.90. The highest BCUT2D eigenvalue weighted by Crippen LogP contribution is 2.17. The minimum atomic E-state index is 0.255. The first-order chi connectivity index (χ1) is 7.81. The van der Waals surface area contributed by atoms with Crippen LogP contribution in [-0.2, 0) is 13.0 Å². The first-order valence-corrected chi connectivity index (χ1v) is 6.65. The third-order valence-electron chi connectivity index (χ3n) is 2.85. The van der Waals surface area contributed by atoms with Crippen molar-refractivity contribution < 1.29 is 5.11 Å². The van der Waals surface area contributed by atoms with Crippen LogP contribution < -0.4 is 5.32 Å². The van der Waals surface area contributed by atoms with Crippen molar-refractivity contribution in [2.45, 2.75) is 32.4 Å². The molecule has 0 saturated heterocycles. The molecule has 1 aliphatic carbocycles. The average Bonchev–Trinajstić information content (AvgIpc) is 2.95. The number of nitrogens with one attached hydrogen (secondary N) is 1. The summed E-state index contributed by atoms with van der Waals surface area (Å²) >= 11 is 1.73. The van der Waals surface area contributed by atoms with Crippen LogP contribution in [0, 0.1) is 5.92 Å². The minimum Gasteiger partial charge on any atom is -0.396 e. The van der Waals surface area contributed by atoms with Crippen molar-refractivity contribution in [1.29, 1.82) is 0 Å². The maximum absolute atomic E-state index is 9.01. The van der Waals surface area contributed by atoms with Gasteiger partial charge < -0.3 is 10.4 Å². The molecule has 1 aromatic heterocycles. The Labute approximate surface area is 100 Å². The van der Waals surface area contributed by atoms with Gasteiger partial charge >= 0.3 is 0 Å². The van der Waals surface area contributed by atoms with E-state index in [-0.39, 0.29) is 6.61 Å².